The number of hydrogen-bond donors (Lipinski definition) is 1. The van der Waals surface area contributed by atoms with Crippen LogP contribution in [-0.4, -0.2) is 36.8 Å². The van der Waals surface area contributed by atoms with Crippen LogP contribution in [0.15, 0.2) is 0 Å². The van der Waals surface area contributed by atoms with Crippen LogP contribution in [0.5, 0.6) is 0 Å². The van der Waals surface area contributed by atoms with Crippen LogP contribution in [0.1, 0.15) is 6.42 Å². The van der Waals surface area contributed by atoms with Gasteiger partial charge in [-0.2, -0.15) is 30.7 Å². The van der Waals surface area contributed by atoms with Crippen LogP contribution < -0.4 is 0 Å². The molecule has 10 heteroatoms. The Morgan fingerprint density at radius 1 is 1.12 bits per heavy atom. The first kappa shape index (κ1) is 15.6. The van der Waals surface area contributed by atoms with Crippen molar-refractivity contribution >= 4 is 11.7 Å². The van der Waals surface area contributed by atoms with Crippen LogP contribution in [0.2, 0.25) is 0 Å². The number of carbonyl (C=O) groups excluding carboxylic acids is 1. The molecule has 0 aliphatic heterocycles. The fraction of sp³-hybridized carbons (Fsp3) is 0.714. The molecule has 0 fully saturated rings. The van der Waals surface area contributed by atoms with Gasteiger partial charge in [-0.1, -0.05) is 0 Å². The van der Waals surface area contributed by atoms with Gasteiger partial charge >= 0.3 is 24.0 Å². The smallest absolute Gasteiger partial charge is 0.460 e. The molecule has 0 saturated heterocycles. The van der Waals surface area contributed by atoms with Gasteiger partial charge in [0, 0.05) is 0 Å². The van der Waals surface area contributed by atoms with Crippen molar-refractivity contribution in [3.05, 3.63) is 0 Å². The van der Waals surface area contributed by atoms with E-state index in [2.05, 4.69) is 4.74 Å². The Bertz CT molecular complexity index is 323. The molecule has 0 spiro atoms. The van der Waals surface area contributed by atoms with Gasteiger partial charge in [0.15, 0.2) is 0 Å². The standard InChI is InChI=1S/C7H6F7NO2/c1-17-4(16)2-3(15)5(8,9)6(10,11)7(12,13)14/h15H,2H2,1H3. The lowest BCUT2D eigenvalue weighted by molar-refractivity contribution is -0.336. The van der Waals surface area contributed by atoms with E-state index in [0.717, 1.165) is 0 Å². The molecule has 0 aliphatic rings. The average molecular weight is 269 g/mol. The van der Waals surface area contributed by atoms with Crippen molar-refractivity contribution in [1.82, 2.24) is 0 Å². The minimum atomic E-state index is -6.53. The number of hydrogen-bond acceptors (Lipinski definition) is 3. The Morgan fingerprint density at radius 2 is 1.53 bits per heavy atom. The highest BCUT2D eigenvalue weighted by Crippen LogP contribution is 2.47. The second-order valence-electron chi connectivity index (χ2n) is 2.88. The van der Waals surface area contributed by atoms with E-state index in [1.165, 1.54) is 0 Å². The Balaban J connectivity index is 5.14. The summed E-state index contributed by atoms with van der Waals surface area (Å²) in [6, 6.07) is 0. The molecule has 0 rings (SSSR count). The van der Waals surface area contributed by atoms with Gasteiger partial charge in [0.1, 0.15) is 0 Å². The van der Waals surface area contributed by atoms with E-state index in [4.69, 9.17) is 5.41 Å². The zero-order chi connectivity index (χ0) is 14.1. The third-order valence-electron chi connectivity index (χ3n) is 1.68. The first-order valence-corrected chi connectivity index (χ1v) is 3.85. The molecule has 0 radical (unpaired) electrons. The van der Waals surface area contributed by atoms with Crippen molar-refractivity contribution in [2.75, 3.05) is 7.11 Å². The summed E-state index contributed by atoms with van der Waals surface area (Å²) >= 11 is 0. The van der Waals surface area contributed by atoms with Gasteiger partial charge in [-0.15, -0.1) is 0 Å². The van der Waals surface area contributed by atoms with E-state index >= 15 is 0 Å². The van der Waals surface area contributed by atoms with Gasteiger partial charge in [-0.05, 0) is 0 Å². The molecule has 0 aromatic heterocycles. The quantitative estimate of drug-likeness (QED) is 0.484. The molecule has 3 nitrogen and oxygen atoms in total. The van der Waals surface area contributed by atoms with Gasteiger partial charge in [-0.25, -0.2) is 0 Å². The summed E-state index contributed by atoms with van der Waals surface area (Å²) in [7, 11) is 0.704. The van der Waals surface area contributed by atoms with Crippen molar-refractivity contribution in [3.63, 3.8) is 0 Å². The summed E-state index contributed by atoms with van der Waals surface area (Å²) in [5, 5.41) is 6.43. The lowest BCUT2D eigenvalue weighted by Crippen LogP contribution is -2.56. The molecular weight excluding hydrogens is 263 g/mol. The molecule has 0 aromatic carbocycles. The second kappa shape index (κ2) is 4.49. The molecule has 0 saturated carbocycles. The predicted molar refractivity (Wildman–Crippen MR) is 40.3 cm³/mol. The molecule has 0 heterocycles. The van der Waals surface area contributed by atoms with E-state index in [0.29, 0.717) is 7.11 Å². The third-order valence-corrected chi connectivity index (χ3v) is 1.68. The molecule has 0 amide bonds. The summed E-state index contributed by atoms with van der Waals surface area (Å²) < 4.78 is 88.8. The first-order valence-electron chi connectivity index (χ1n) is 3.85. The van der Waals surface area contributed by atoms with Crippen molar-refractivity contribution < 1.29 is 40.3 Å². The Hall–Kier alpha value is -1.35. The number of alkyl halides is 7. The molecule has 0 unspecified atom stereocenters. The van der Waals surface area contributed by atoms with E-state index in [9.17, 15) is 35.5 Å². The van der Waals surface area contributed by atoms with Crippen molar-refractivity contribution in [1.29, 1.82) is 5.41 Å². The number of esters is 1. The highest BCUT2D eigenvalue weighted by atomic mass is 19.4. The number of methoxy groups -OCH3 is 1. The lowest BCUT2D eigenvalue weighted by atomic mass is 10.0. The molecule has 100 valence electrons. The van der Waals surface area contributed by atoms with Crippen molar-refractivity contribution in [3.8, 4) is 0 Å². The van der Waals surface area contributed by atoms with Crippen LogP contribution in [0, 0.1) is 5.41 Å². The number of carbonyl (C=O) groups is 1. The fourth-order valence-corrected chi connectivity index (χ4v) is 0.695. The summed E-state index contributed by atoms with van der Waals surface area (Å²) in [5.74, 6) is -13.8. The largest absolute Gasteiger partial charge is 0.469 e. The van der Waals surface area contributed by atoms with Gasteiger partial charge < -0.3 is 10.1 Å². The lowest BCUT2D eigenvalue weighted by Gasteiger charge is -2.28. The summed E-state index contributed by atoms with van der Waals surface area (Å²) in [6.07, 6.45) is -8.19. The maximum absolute atomic E-state index is 12.7. The number of halogens is 7. The molecule has 0 aromatic rings. The van der Waals surface area contributed by atoms with Crippen LogP contribution >= 0.6 is 0 Å². The van der Waals surface area contributed by atoms with Crippen LogP contribution in [0.3, 0.4) is 0 Å². The SMILES string of the molecule is COC(=O)CC(=N)C(F)(F)C(F)(F)C(F)(F)F. The van der Waals surface area contributed by atoms with Gasteiger partial charge in [0.25, 0.3) is 0 Å². The molecular formula is C7H6F7NO2. The predicted octanol–water partition coefficient (Wildman–Crippen LogP) is 2.40. The molecule has 1 N–H and O–H groups in total. The van der Waals surface area contributed by atoms with E-state index in [1.54, 1.807) is 0 Å². The van der Waals surface area contributed by atoms with E-state index in [1.807, 2.05) is 0 Å². The van der Waals surface area contributed by atoms with Crippen LogP contribution in [-0.2, 0) is 9.53 Å². The second-order valence-corrected chi connectivity index (χ2v) is 2.88. The van der Waals surface area contributed by atoms with Gasteiger partial charge in [-0.3, -0.25) is 4.79 Å². The minimum absolute atomic E-state index is 0.704. The topological polar surface area (TPSA) is 50.2 Å². The van der Waals surface area contributed by atoms with E-state index in [-0.39, 0.29) is 0 Å². The zero-order valence-electron chi connectivity index (χ0n) is 8.17. The fourth-order valence-electron chi connectivity index (χ4n) is 0.695. The van der Waals surface area contributed by atoms with Crippen LogP contribution in [0.4, 0.5) is 30.7 Å². The molecule has 0 atom stereocenters. The zero-order valence-corrected chi connectivity index (χ0v) is 8.17. The summed E-state index contributed by atoms with van der Waals surface area (Å²) in [5.41, 5.74) is -2.37. The maximum atomic E-state index is 12.7. The Labute approximate surface area is 90.0 Å². The summed E-state index contributed by atoms with van der Waals surface area (Å²) in [4.78, 5) is 10.4. The maximum Gasteiger partial charge on any atom is 0.460 e. The number of ether oxygens (including phenoxy) is 1. The molecule has 17 heavy (non-hydrogen) atoms. The Morgan fingerprint density at radius 3 is 1.82 bits per heavy atom. The minimum Gasteiger partial charge on any atom is -0.469 e. The average Bonchev–Trinajstić information content (AvgIpc) is 2.15. The normalized spacial score (nSPS) is 13.4. The monoisotopic (exact) mass is 269 g/mol. The number of nitrogens with one attached hydrogen (secondary N) is 1. The van der Waals surface area contributed by atoms with Gasteiger partial charge in [0.2, 0.25) is 0 Å². The molecule has 0 aliphatic carbocycles. The van der Waals surface area contributed by atoms with Gasteiger partial charge in [0.05, 0.1) is 19.2 Å². The van der Waals surface area contributed by atoms with E-state index < -0.39 is 36.1 Å². The molecule has 0 bridgehead atoms. The van der Waals surface area contributed by atoms with Crippen molar-refractivity contribution in [2.45, 2.75) is 24.4 Å². The van der Waals surface area contributed by atoms with Crippen molar-refractivity contribution in [2.24, 2.45) is 0 Å². The first-order chi connectivity index (χ1) is 7.38. The van der Waals surface area contributed by atoms with Crippen LogP contribution in [0.25, 0.3) is 0 Å². The summed E-state index contributed by atoms with van der Waals surface area (Å²) in [6.45, 7) is 0. The third kappa shape index (κ3) is 2.86. The number of rotatable bonds is 4. The highest BCUT2D eigenvalue weighted by molar-refractivity contribution is 6.01. The highest BCUT2D eigenvalue weighted by Gasteiger charge is 2.74. The Kier molecular flexibility index (Phi) is 4.14.